The lowest BCUT2D eigenvalue weighted by molar-refractivity contribution is -0.137. The average molecular weight is 410 g/mol. The van der Waals surface area contributed by atoms with Crippen LogP contribution in [-0.4, -0.2) is 32.2 Å². The van der Waals surface area contributed by atoms with E-state index in [0.29, 0.717) is 28.5 Å². The van der Waals surface area contributed by atoms with E-state index in [2.05, 4.69) is 15.1 Å². The molecule has 1 unspecified atom stereocenters. The third-order valence-corrected chi connectivity index (χ3v) is 4.98. The average Bonchev–Trinajstić information content (AvgIpc) is 3.23. The molecule has 146 valence electrons. The zero-order valence-corrected chi connectivity index (χ0v) is 15.6. The van der Waals surface area contributed by atoms with Gasteiger partial charge in [-0.15, -0.1) is 0 Å². The summed E-state index contributed by atoms with van der Waals surface area (Å²) >= 11 is 5.84. The number of carbonyl (C=O) groups is 1. The van der Waals surface area contributed by atoms with Gasteiger partial charge in [0.05, 0.1) is 40.3 Å². The number of aromatic amines is 1. The summed E-state index contributed by atoms with van der Waals surface area (Å²) in [6.45, 7) is 3.93. The van der Waals surface area contributed by atoms with Crippen molar-refractivity contribution < 1.29 is 18.0 Å². The number of fused-ring (bicyclic) bond motifs is 1. The zero-order valence-electron chi connectivity index (χ0n) is 14.9. The van der Waals surface area contributed by atoms with Crippen molar-refractivity contribution in [2.45, 2.75) is 26.1 Å². The number of aryl methyl sites for hydroxylation is 1. The van der Waals surface area contributed by atoms with Gasteiger partial charge in [-0.1, -0.05) is 11.6 Å². The molecule has 4 rings (SSSR count). The van der Waals surface area contributed by atoms with Crippen LogP contribution in [0.4, 0.5) is 18.9 Å². The topological polar surface area (TPSA) is 66.8 Å². The lowest BCUT2D eigenvalue weighted by Crippen LogP contribution is -2.42. The summed E-state index contributed by atoms with van der Waals surface area (Å²) in [6, 6.07) is 3.14. The Balaban J connectivity index is 1.76. The van der Waals surface area contributed by atoms with Gasteiger partial charge in [0.2, 0.25) is 0 Å². The van der Waals surface area contributed by atoms with Gasteiger partial charge in [0.1, 0.15) is 11.5 Å². The van der Waals surface area contributed by atoms with Crippen molar-refractivity contribution >= 4 is 23.2 Å². The van der Waals surface area contributed by atoms with Crippen molar-refractivity contribution in [1.82, 2.24) is 19.7 Å². The third kappa shape index (κ3) is 2.95. The largest absolute Gasteiger partial charge is 0.417 e. The molecule has 0 aliphatic carbocycles. The first-order valence-corrected chi connectivity index (χ1v) is 8.82. The fraction of sp³-hybridized carbons (Fsp3) is 0.278. The molecule has 1 aliphatic rings. The number of rotatable bonds is 2. The molecule has 2 aromatic heterocycles. The molecule has 0 saturated carbocycles. The highest BCUT2D eigenvalue weighted by molar-refractivity contribution is 6.31. The minimum absolute atomic E-state index is 0.175. The zero-order chi connectivity index (χ0) is 20.2. The third-order valence-electron chi connectivity index (χ3n) is 4.67. The number of H-pyrrole nitrogens is 1. The fourth-order valence-corrected chi connectivity index (χ4v) is 3.62. The van der Waals surface area contributed by atoms with E-state index in [9.17, 15) is 18.0 Å². The van der Waals surface area contributed by atoms with Crippen molar-refractivity contribution in [3.63, 3.8) is 0 Å². The first-order chi connectivity index (χ1) is 13.2. The van der Waals surface area contributed by atoms with E-state index in [1.165, 1.54) is 17.0 Å². The molecule has 1 atom stereocenters. The maximum Gasteiger partial charge on any atom is 0.417 e. The van der Waals surface area contributed by atoms with Crippen molar-refractivity contribution in [3.05, 3.63) is 52.7 Å². The van der Waals surface area contributed by atoms with Gasteiger partial charge in [-0.25, -0.2) is 4.98 Å². The molecular formula is C18H15ClF3N5O. The molecular weight excluding hydrogens is 395 g/mol. The van der Waals surface area contributed by atoms with Crippen molar-refractivity contribution in [1.29, 1.82) is 0 Å². The Morgan fingerprint density at radius 1 is 1.29 bits per heavy atom. The predicted octanol–water partition coefficient (Wildman–Crippen LogP) is 4.48. The van der Waals surface area contributed by atoms with Gasteiger partial charge in [0.25, 0.3) is 5.91 Å². The second-order valence-corrected chi connectivity index (χ2v) is 7.07. The number of nitrogens with zero attached hydrogens (tertiary/aromatic N) is 4. The molecule has 1 aromatic carbocycles. The summed E-state index contributed by atoms with van der Waals surface area (Å²) in [5.74, 6) is 0.325. The van der Waals surface area contributed by atoms with Crippen LogP contribution in [0.1, 0.15) is 34.8 Å². The summed E-state index contributed by atoms with van der Waals surface area (Å²) in [7, 11) is 0. The number of nitrogens with one attached hydrogen (secondary N) is 1. The minimum Gasteiger partial charge on any atom is -0.342 e. The molecule has 0 radical (unpaired) electrons. The Kier molecular flexibility index (Phi) is 4.22. The van der Waals surface area contributed by atoms with Gasteiger partial charge < -0.3 is 9.88 Å². The van der Waals surface area contributed by atoms with Crippen LogP contribution < -0.4 is 4.90 Å². The maximum atomic E-state index is 13.2. The Bertz CT molecular complexity index is 1070. The van der Waals surface area contributed by atoms with E-state index in [1.54, 1.807) is 24.0 Å². The summed E-state index contributed by atoms with van der Waals surface area (Å²) < 4.78 is 40.5. The van der Waals surface area contributed by atoms with Crippen molar-refractivity contribution in [2.24, 2.45) is 0 Å². The van der Waals surface area contributed by atoms with Crippen LogP contribution in [0, 0.1) is 6.92 Å². The summed E-state index contributed by atoms with van der Waals surface area (Å²) in [5, 5.41) is 3.86. The first-order valence-electron chi connectivity index (χ1n) is 8.45. The fourth-order valence-electron chi connectivity index (χ4n) is 3.34. The van der Waals surface area contributed by atoms with Crippen LogP contribution >= 0.6 is 11.6 Å². The number of hydrogen-bond acceptors (Lipinski definition) is 3. The van der Waals surface area contributed by atoms with Gasteiger partial charge >= 0.3 is 6.18 Å². The van der Waals surface area contributed by atoms with Crippen LogP contribution in [0.5, 0.6) is 0 Å². The molecule has 1 N–H and O–H groups in total. The molecule has 1 amide bonds. The smallest absolute Gasteiger partial charge is 0.342 e. The van der Waals surface area contributed by atoms with Gasteiger partial charge in [-0.3, -0.25) is 9.48 Å². The number of benzene rings is 1. The summed E-state index contributed by atoms with van der Waals surface area (Å²) in [4.78, 5) is 21.8. The Morgan fingerprint density at radius 3 is 2.64 bits per heavy atom. The van der Waals surface area contributed by atoms with Gasteiger partial charge in [-0.2, -0.15) is 18.3 Å². The van der Waals surface area contributed by atoms with Gasteiger partial charge in [0, 0.05) is 12.2 Å². The standard InChI is InChI=1S/C18H15ClF3N5O/c1-9-8-26(11-3-4-13(14(19)5-11)18(20,21)22)17(28)16-12(6-24-27(9)16)15-7-23-10(2)25-15/h3-7,9H,8H2,1-2H3,(H,23,25). The molecule has 0 saturated heterocycles. The van der Waals surface area contributed by atoms with Crippen LogP contribution in [0.3, 0.4) is 0 Å². The van der Waals surface area contributed by atoms with Crippen LogP contribution in [0.15, 0.2) is 30.6 Å². The SMILES string of the molecule is Cc1ncc(-c2cnn3c2C(=O)N(c2ccc(C(F)(F)F)c(Cl)c2)CC3C)[nH]1. The van der Waals surface area contributed by atoms with E-state index >= 15 is 0 Å². The predicted molar refractivity (Wildman–Crippen MR) is 97.4 cm³/mol. The lowest BCUT2D eigenvalue weighted by atomic mass is 10.1. The van der Waals surface area contributed by atoms with E-state index < -0.39 is 16.8 Å². The Labute approximate surface area is 162 Å². The maximum absolute atomic E-state index is 13.2. The molecule has 1 aliphatic heterocycles. The normalized spacial score (nSPS) is 17.1. The summed E-state index contributed by atoms with van der Waals surface area (Å²) in [6.07, 6.45) is -1.36. The highest BCUT2D eigenvalue weighted by Crippen LogP contribution is 2.38. The molecule has 0 fully saturated rings. The van der Waals surface area contributed by atoms with Gasteiger partial charge in [0.15, 0.2) is 0 Å². The number of anilines is 1. The molecule has 10 heteroatoms. The number of carbonyl (C=O) groups excluding carboxylic acids is 1. The van der Waals surface area contributed by atoms with E-state index in [1.807, 2.05) is 6.92 Å². The monoisotopic (exact) mass is 409 g/mol. The van der Waals surface area contributed by atoms with Crippen LogP contribution in [0.2, 0.25) is 5.02 Å². The minimum atomic E-state index is -4.56. The Hall–Kier alpha value is -2.81. The second kappa shape index (κ2) is 6.37. The highest BCUT2D eigenvalue weighted by atomic mass is 35.5. The number of aromatic nitrogens is 4. The highest BCUT2D eigenvalue weighted by Gasteiger charge is 2.36. The molecule has 0 bridgehead atoms. The second-order valence-electron chi connectivity index (χ2n) is 6.66. The number of imidazole rings is 1. The molecule has 0 spiro atoms. The number of alkyl halides is 3. The number of amides is 1. The summed E-state index contributed by atoms with van der Waals surface area (Å²) in [5.41, 5.74) is 0.938. The van der Waals surface area contributed by atoms with Crippen LogP contribution in [-0.2, 0) is 6.18 Å². The van der Waals surface area contributed by atoms with Crippen molar-refractivity contribution in [3.8, 4) is 11.3 Å². The van der Waals surface area contributed by atoms with Crippen LogP contribution in [0.25, 0.3) is 11.3 Å². The molecule has 28 heavy (non-hydrogen) atoms. The first kappa shape index (κ1) is 18.5. The molecule has 6 nitrogen and oxygen atoms in total. The molecule has 3 heterocycles. The van der Waals surface area contributed by atoms with E-state index in [-0.39, 0.29) is 18.5 Å². The Morgan fingerprint density at radius 2 is 2.04 bits per heavy atom. The molecule has 3 aromatic rings. The lowest BCUT2D eigenvalue weighted by Gasteiger charge is -2.32. The van der Waals surface area contributed by atoms with E-state index in [0.717, 1.165) is 6.07 Å². The van der Waals surface area contributed by atoms with Gasteiger partial charge in [-0.05, 0) is 32.0 Å². The van der Waals surface area contributed by atoms with E-state index in [4.69, 9.17) is 11.6 Å². The van der Waals surface area contributed by atoms with Crippen molar-refractivity contribution in [2.75, 3.05) is 11.4 Å². The number of halogens is 4. The quantitative estimate of drug-likeness (QED) is 0.678. The number of hydrogen-bond donors (Lipinski definition) is 1.